The second-order valence-electron chi connectivity index (χ2n) is 10.4. The summed E-state index contributed by atoms with van der Waals surface area (Å²) in [5.74, 6) is -0.106. The lowest BCUT2D eigenvalue weighted by atomic mass is 9.92. The normalized spacial score (nSPS) is 15.2. The minimum absolute atomic E-state index is 0.116. The summed E-state index contributed by atoms with van der Waals surface area (Å²) in [6.45, 7) is 6.60. The van der Waals surface area contributed by atoms with E-state index in [0.717, 1.165) is 17.7 Å². The van der Waals surface area contributed by atoms with E-state index in [4.69, 9.17) is 33.0 Å². The molecule has 1 aliphatic rings. The molecule has 3 amide bonds. The van der Waals surface area contributed by atoms with E-state index < -0.39 is 18.0 Å². The minimum atomic E-state index is -0.548. The van der Waals surface area contributed by atoms with Crippen molar-refractivity contribution in [2.45, 2.75) is 51.5 Å². The van der Waals surface area contributed by atoms with Crippen LogP contribution >= 0.6 is 23.2 Å². The number of hydrogen-bond acceptors (Lipinski definition) is 5. The van der Waals surface area contributed by atoms with Gasteiger partial charge in [0.2, 0.25) is 5.91 Å². The van der Waals surface area contributed by atoms with Crippen LogP contribution in [0.2, 0.25) is 10.0 Å². The van der Waals surface area contributed by atoms with Crippen LogP contribution in [0.4, 0.5) is 16.3 Å². The summed E-state index contributed by atoms with van der Waals surface area (Å²) in [6.07, 6.45) is 1.47. The number of amides is 3. The van der Waals surface area contributed by atoms with Crippen molar-refractivity contribution in [3.63, 3.8) is 0 Å². The molecule has 0 spiro atoms. The molecule has 0 bridgehead atoms. The van der Waals surface area contributed by atoms with E-state index in [1.165, 1.54) is 7.11 Å². The summed E-state index contributed by atoms with van der Waals surface area (Å²) in [5.41, 5.74) is 2.26. The molecule has 1 saturated heterocycles. The largest absolute Gasteiger partial charge is 0.467 e. The van der Waals surface area contributed by atoms with Crippen LogP contribution in [0.3, 0.4) is 0 Å². The summed E-state index contributed by atoms with van der Waals surface area (Å²) in [4.78, 5) is 39.7. The third-order valence-corrected chi connectivity index (χ3v) is 7.29. The fraction of sp³-hybridized carbons (Fsp3) is 0.357. The molecule has 1 atom stereocenters. The molecule has 39 heavy (non-hydrogen) atoms. The Morgan fingerprint density at radius 3 is 2.54 bits per heavy atom. The van der Waals surface area contributed by atoms with Crippen LogP contribution in [-0.2, 0) is 26.2 Å². The lowest BCUT2D eigenvalue weighted by Gasteiger charge is -2.22. The highest BCUT2D eigenvalue weighted by Crippen LogP contribution is 2.30. The second kappa shape index (κ2) is 11.7. The van der Waals surface area contributed by atoms with Crippen LogP contribution in [0.15, 0.2) is 48.5 Å². The third kappa shape index (κ3) is 6.54. The highest BCUT2D eigenvalue weighted by atomic mass is 35.5. The third-order valence-electron chi connectivity index (χ3n) is 6.48. The molecule has 1 aromatic heterocycles. The highest BCUT2D eigenvalue weighted by molar-refractivity contribution is 6.44. The Labute approximate surface area is 237 Å². The van der Waals surface area contributed by atoms with Gasteiger partial charge in [-0.25, -0.2) is 14.3 Å². The van der Waals surface area contributed by atoms with Crippen molar-refractivity contribution >= 4 is 52.6 Å². The number of carbonyl (C=O) groups is 3. The van der Waals surface area contributed by atoms with Gasteiger partial charge in [0.25, 0.3) is 0 Å². The Hall–Kier alpha value is -3.56. The van der Waals surface area contributed by atoms with Crippen LogP contribution in [0.1, 0.15) is 44.9 Å². The molecule has 0 radical (unpaired) electrons. The monoisotopic (exact) mass is 571 g/mol. The van der Waals surface area contributed by atoms with Crippen molar-refractivity contribution in [1.82, 2.24) is 14.7 Å². The van der Waals surface area contributed by atoms with Crippen LogP contribution in [0, 0.1) is 0 Å². The summed E-state index contributed by atoms with van der Waals surface area (Å²) < 4.78 is 6.49. The number of carbonyl (C=O) groups excluding carboxylic acids is 3. The van der Waals surface area contributed by atoms with Gasteiger partial charge in [-0.3, -0.25) is 10.1 Å². The van der Waals surface area contributed by atoms with E-state index in [1.54, 1.807) is 27.8 Å². The lowest BCUT2D eigenvalue weighted by molar-refractivity contribution is -0.150. The van der Waals surface area contributed by atoms with E-state index in [2.05, 4.69) is 10.6 Å². The molecule has 1 fully saturated rings. The van der Waals surface area contributed by atoms with Crippen molar-refractivity contribution in [2.24, 2.45) is 0 Å². The van der Waals surface area contributed by atoms with Gasteiger partial charge in [-0.05, 0) is 42.7 Å². The minimum Gasteiger partial charge on any atom is -0.467 e. The Morgan fingerprint density at radius 2 is 1.82 bits per heavy atom. The number of nitrogens with zero attached hydrogens (tertiary/aromatic N) is 3. The van der Waals surface area contributed by atoms with E-state index in [9.17, 15) is 14.4 Å². The predicted molar refractivity (Wildman–Crippen MR) is 152 cm³/mol. The zero-order chi connectivity index (χ0) is 28.3. The van der Waals surface area contributed by atoms with Crippen molar-refractivity contribution in [3.8, 4) is 5.69 Å². The van der Waals surface area contributed by atoms with Gasteiger partial charge >= 0.3 is 12.0 Å². The molecule has 3 aromatic rings. The van der Waals surface area contributed by atoms with Gasteiger partial charge < -0.3 is 15.0 Å². The molecule has 0 unspecified atom stereocenters. The van der Waals surface area contributed by atoms with Gasteiger partial charge in [-0.2, -0.15) is 5.10 Å². The maximum atomic E-state index is 13.1. The van der Waals surface area contributed by atoms with Crippen molar-refractivity contribution in [3.05, 3.63) is 69.8 Å². The first-order valence-electron chi connectivity index (χ1n) is 12.6. The summed E-state index contributed by atoms with van der Waals surface area (Å²) in [6, 6.07) is 13.1. The number of rotatable bonds is 6. The number of ether oxygens (including phenoxy) is 1. The van der Waals surface area contributed by atoms with Gasteiger partial charge in [0.15, 0.2) is 0 Å². The van der Waals surface area contributed by atoms with E-state index >= 15 is 0 Å². The number of aromatic nitrogens is 2. The van der Waals surface area contributed by atoms with Crippen LogP contribution in [0.25, 0.3) is 5.69 Å². The van der Waals surface area contributed by atoms with Gasteiger partial charge in [-0.1, -0.05) is 62.2 Å². The number of hydrogen-bond donors (Lipinski definition) is 2. The molecule has 206 valence electrons. The van der Waals surface area contributed by atoms with E-state index in [-0.39, 0.29) is 22.8 Å². The number of likely N-dealkylation sites (tertiary alicyclic amines) is 1. The number of esters is 1. The molecule has 9 nitrogen and oxygen atoms in total. The maximum Gasteiger partial charge on any atom is 0.328 e. The lowest BCUT2D eigenvalue weighted by Crippen LogP contribution is -2.41. The molecule has 2 aromatic carbocycles. The average Bonchev–Trinajstić information content (AvgIpc) is 3.54. The van der Waals surface area contributed by atoms with Crippen molar-refractivity contribution < 1.29 is 19.1 Å². The van der Waals surface area contributed by atoms with Crippen molar-refractivity contribution in [1.29, 1.82) is 0 Å². The Balaban J connectivity index is 1.58. The molecular formula is C28H31Cl2N5O4. The second-order valence-corrected chi connectivity index (χ2v) is 11.2. The summed E-state index contributed by atoms with van der Waals surface area (Å²) in [5, 5.41) is 10.9. The number of benzene rings is 2. The molecule has 0 aliphatic carbocycles. The number of urea groups is 1. The fourth-order valence-electron chi connectivity index (χ4n) is 4.42. The van der Waals surface area contributed by atoms with Crippen LogP contribution in [-0.4, -0.2) is 52.3 Å². The molecule has 11 heteroatoms. The number of nitrogens with one attached hydrogen (secondary N) is 2. The highest BCUT2D eigenvalue weighted by Gasteiger charge is 2.34. The fourth-order valence-corrected chi connectivity index (χ4v) is 4.77. The summed E-state index contributed by atoms with van der Waals surface area (Å²) >= 11 is 12.3. The van der Waals surface area contributed by atoms with Gasteiger partial charge in [0.1, 0.15) is 11.9 Å². The standard InChI is InChI=1S/C28H31Cl2N5O4/c1-28(2,3)22-16-23(32-27(38)31-20-11-6-10-19(29)25(20)30)35(33-22)18-9-5-8-17(14-18)15-24(36)34-13-7-12-21(34)26(37)39-4/h5-6,8-11,14,16,21H,7,12-13,15H2,1-4H3,(H2,31,32,38)/t21-/m1/s1. The van der Waals surface area contributed by atoms with Gasteiger partial charge in [0, 0.05) is 18.0 Å². The van der Waals surface area contributed by atoms with Gasteiger partial charge in [-0.15, -0.1) is 0 Å². The first-order chi connectivity index (χ1) is 18.5. The number of halogens is 2. The topological polar surface area (TPSA) is 106 Å². The Bertz CT molecular complexity index is 1400. The average molecular weight is 572 g/mol. The molecule has 0 saturated carbocycles. The quantitative estimate of drug-likeness (QED) is 0.362. The SMILES string of the molecule is COC(=O)[C@H]1CCCN1C(=O)Cc1cccc(-n2nc(C(C)(C)C)cc2NC(=O)Nc2cccc(Cl)c2Cl)c1. The molecule has 2 N–H and O–H groups in total. The number of methoxy groups -OCH3 is 1. The van der Waals surface area contributed by atoms with E-state index in [0.29, 0.717) is 35.2 Å². The molecule has 4 rings (SSSR count). The number of anilines is 2. The van der Waals surface area contributed by atoms with Crippen LogP contribution < -0.4 is 10.6 Å². The Morgan fingerprint density at radius 1 is 1.08 bits per heavy atom. The smallest absolute Gasteiger partial charge is 0.328 e. The zero-order valence-electron chi connectivity index (χ0n) is 22.3. The summed E-state index contributed by atoms with van der Waals surface area (Å²) in [7, 11) is 1.33. The predicted octanol–water partition coefficient (Wildman–Crippen LogP) is 5.83. The Kier molecular flexibility index (Phi) is 8.51. The zero-order valence-corrected chi connectivity index (χ0v) is 23.8. The van der Waals surface area contributed by atoms with Gasteiger partial charge in [0.05, 0.1) is 40.6 Å². The van der Waals surface area contributed by atoms with Crippen molar-refractivity contribution in [2.75, 3.05) is 24.3 Å². The first kappa shape index (κ1) is 28.4. The first-order valence-corrected chi connectivity index (χ1v) is 13.3. The van der Waals surface area contributed by atoms with E-state index in [1.807, 2.05) is 51.1 Å². The molecular weight excluding hydrogens is 541 g/mol. The molecule has 2 heterocycles. The molecule has 1 aliphatic heterocycles. The van der Waals surface area contributed by atoms with Crippen LogP contribution in [0.5, 0.6) is 0 Å². The maximum absolute atomic E-state index is 13.1.